The molecule has 1 aromatic carbocycles. The molecule has 16 heavy (non-hydrogen) atoms. The number of rotatable bonds is 3. The topological polar surface area (TPSA) is 57.5 Å². The zero-order chi connectivity index (χ0) is 12.5. The Morgan fingerprint density at radius 3 is 2.12 bits per heavy atom. The van der Waals surface area contributed by atoms with Crippen LogP contribution in [-0.4, -0.2) is 16.2 Å². The van der Waals surface area contributed by atoms with Gasteiger partial charge in [-0.25, -0.2) is 0 Å². The summed E-state index contributed by atoms with van der Waals surface area (Å²) in [6.07, 6.45) is -0.947. The molecule has 2 N–H and O–H groups in total. The fourth-order valence-electron chi connectivity index (χ4n) is 1.71. The van der Waals surface area contributed by atoms with Gasteiger partial charge in [0.2, 0.25) is 0 Å². The first-order valence-corrected chi connectivity index (χ1v) is 5.33. The van der Waals surface area contributed by atoms with Crippen molar-refractivity contribution in [1.82, 2.24) is 0 Å². The van der Waals surface area contributed by atoms with Crippen LogP contribution in [0.15, 0.2) is 12.1 Å². The number of hydrogen-bond donors (Lipinski definition) is 2. The number of aliphatic hydroxyl groups is 1. The molecule has 1 aromatic rings. The van der Waals surface area contributed by atoms with Crippen molar-refractivity contribution in [2.24, 2.45) is 5.92 Å². The van der Waals surface area contributed by atoms with E-state index in [1.807, 2.05) is 32.9 Å². The van der Waals surface area contributed by atoms with Crippen LogP contribution in [0.1, 0.15) is 35.3 Å². The molecule has 0 aliphatic carbocycles. The molecule has 0 amide bonds. The molecule has 2 atom stereocenters. The second-order valence-electron chi connectivity index (χ2n) is 4.36. The number of aliphatic carboxylic acids is 1. The first-order valence-electron chi connectivity index (χ1n) is 5.33. The highest BCUT2D eigenvalue weighted by Gasteiger charge is 2.24. The number of carboxylic acid groups (broad SMARTS) is 1. The summed E-state index contributed by atoms with van der Waals surface area (Å²) in [5.41, 5.74) is 3.86. The van der Waals surface area contributed by atoms with E-state index >= 15 is 0 Å². The molecule has 3 nitrogen and oxygen atoms in total. The van der Waals surface area contributed by atoms with Crippen molar-refractivity contribution in [2.45, 2.75) is 33.8 Å². The van der Waals surface area contributed by atoms with E-state index in [9.17, 15) is 9.90 Å². The quantitative estimate of drug-likeness (QED) is 0.825. The average molecular weight is 222 g/mol. The lowest BCUT2D eigenvalue weighted by atomic mass is 9.91. The zero-order valence-electron chi connectivity index (χ0n) is 10.1. The van der Waals surface area contributed by atoms with Crippen LogP contribution in [0.4, 0.5) is 0 Å². The number of carbonyl (C=O) groups is 1. The molecule has 0 fully saturated rings. The Kier molecular flexibility index (Phi) is 3.70. The highest BCUT2D eigenvalue weighted by molar-refractivity contribution is 5.70. The first-order chi connectivity index (χ1) is 7.34. The number of aliphatic hydroxyl groups excluding tert-OH is 1. The molecule has 88 valence electrons. The fraction of sp³-hybridized carbons (Fsp3) is 0.462. The summed E-state index contributed by atoms with van der Waals surface area (Å²) in [5, 5.41) is 18.8. The Morgan fingerprint density at radius 1 is 1.12 bits per heavy atom. The van der Waals surface area contributed by atoms with Crippen LogP contribution >= 0.6 is 0 Å². The summed E-state index contributed by atoms with van der Waals surface area (Å²) in [7, 11) is 0. The molecule has 0 saturated carbocycles. The van der Waals surface area contributed by atoms with Crippen molar-refractivity contribution < 1.29 is 15.0 Å². The van der Waals surface area contributed by atoms with Gasteiger partial charge in [-0.3, -0.25) is 4.79 Å². The Balaban J connectivity index is 3.13. The maximum atomic E-state index is 10.8. The third kappa shape index (κ3) is 2.42. The highest BCUT2D eigenvalue weighted by Crippen LogP contribution is 2.27. The van der Waals surface area contributed by atoms with Crippen molar-refractivity contribution in [3.05, 3.63) is 34.4 Å². The molecule has 0 saturated heterocycles. The van der Waals surface area contributed by atoms with E-state index in [1.54, 1.807) is 0 Å². The molecule has 0 aliphatic rings. The first kappa shape index (κ1) is 12.7. The summed E-state index contributed by atoms with van der Waals surface area (Å²) < 4.78 is 0. The normalized spacial score (nSPS) is 14.6. The van der Waals surface area contributed by atoms with Gasteiger partial charge < -0.3 is 10.2 Å². The van der Waals surface area contributed by atoms with Crippen LogP contribution < -0.4 is 0 Å². The van der Waals surface area contributed by atoms with Gasteiger partial charge in [0.15, 0.2) is 0 Å². The van der Waals surface area contributed by atoms with Gasteiger partial charge in [0, 0.05) is 0 Å². The molecule has 0 spiro atoms. The molecular formula is C13H18O3. The van der Waals surface area contributed by atoms with Crippen LogP contribution in [0, 0.1) is 26.7 Å². The Bertz CT molecular complexity index is 410. The third-order valence-electron chi connectivity index (χ3n) is 3.06. The minimum absolute atomic E-state index is 0.706. The molecule has 0 aromatic heterocycles. The average Bonchev–Trinajstić information content (AvgIpc) is 2.21. The maximum absolute atomic E-state index is 10.8. The number of benzene rings is 1. The van der Waals surface area contributed by atoms with E-state index in [4.69, 9.17) is 5.11 Å². The van der Waals surface area contributed by atoms with E-state index in [-0.39, 0.29) is 0 Å². The number of hydrogen-bond acceptors (Lipinski definition) is 2. The second kappa shape index (κ2) is 4.66. The van der Waals surface area contributed by atoms with Crippen LogP contribution in [0.3, 0.4) is 0 Å². The fourth-order valence-corrected chi connectivity index (χ4v) is 1.71. The molecule has 0 bridgehead atoms. The van der Waals surface area contributed by atoms with Crippen molar-refractivity contribution in [3.8, 4) is 0 Å². The molecule has 0 aliphatic heterocycles. The van der Waals surface area contributed by atoms with Crippen molar-refractivity contribution in [2.75, 3.05) is 0 Å². The number of aryl methyl sites for hydroxylation is 3. The summed E-state index contributed by atoms with van der Waals surface area (Å²) >= 11 is 0. The lowest BCUT2D eigenvalue weighted by Gasteiger charge is -2.19. The lowest BCUT2D eigenvalue weighted by molar-refractivity contribution is -0.145. The van der Waals surface area contributed by atoms with E-state index < -0.39 is 18.0 Å². The molecule has 0 radical (unpaired) electrons. The van der Waals surface area contributed by atoms with Crippen molar-refractivity contribution in [3.63, 3.8) is 0 Å². The van der Waals surface area contributed by atoms with Crippen molar-refractivity contribution in [1.29, 1.82) is 0 Å². The van der Waals surface area contributed by atoms with E-state index in [2.05, 4.69) is 0 Å². The van der Waals surface area contributed by atoms with Gasteiger partial charge in [-0.2, -0.15) is 0 Å². The summed E-state index contributed by atoms with van der Waals surface area (Å²) in [6, 6.07) is 3.84. The van der Waals surface area contributed by atoms with Gasteiger partial charge in [-0.1, -0.05) is 12.1 Å². The van der Waals surface area contributed by atoms with Gasteiger partial charge in [0.05, 0.1) is 12.0 Å². The predicted octanol–water partition coefficient (Wildman–Crippen LogP) is 2.37. The number of carboxylic acids is 1. The third-order valence-corrected chi connectivity index (χ3v) is 3.06. The molecule has 2 unspecified atom stereocenters. The summed E-state index contributed by atoms with van der Waals surface area (Å²) in [4.78, 5) is 10.8. The largest absolute Gasteiger partial charge is 0.481 e. The van der Waals surface area contributed by atoms with Gasteiger partial charge in [-0.05, 0) is 49.9 Å². The van der Waals surface area contributed by atoms with E-state index in [0.717, 1.165) is 16.7 Å². The van der Waals surface area contributed by atoms with Crippen LogP contribution in [0.25, 0.3) is 0 Å². The van der Waals surface area contributed by atoms with Gasteiger partial charge in [-0.15, -0.1) is 0 Å². The van der Waals surface area contributed by atoms with E-state index in [1.165, 1.54) is 6.92 Å². The zero-order valence-corrected chi connectivity index (χ0v) is 10.1. The van der Waals surface area contributed by atoms with Crippen LogP contribution in [0.2, 0.25) is 0 Å². The molecule has 0 heterocycles. The Labute approximate surface area is 95.7 Å². The SMILES string of the molecule is Cc1cc(C)c(C(O)C(C)C(=O)O)cc1C. The van der Waals surface area contributed by atoms with Crippen molar-refractivity contribution >= 4 is 5.97 Å². The summed E-state index contributed by atoms with van der Waals surface area (Å²) in [6.45, 7) is 7.36. The monoisotopic (exact) mass is 222 g/mol. The lowest BCUT2D eigenvalue weighted by Crippen LogP contribution is -2.19. The molecular weight excluding hydrogens is 204 g/mol. The smallest absolute Gasteiger partial charge is 0.309 e. The maximum Gasteiger partial charge on any atom is 0.309 e. The van der Waals surface area contributed by atoms with Gasteiger partial charge in [0.1, 0.15) is 0 Å². The minimum atomic E-state index is -0.981. The molecule has 1 rings (SSSR count). The standard InChI is InChI=1S/C13H18O3/c1-7-5-9(3)11(6-8(7)2)12(14)10(4)13(15)16/h5-6,10,12,14H,1-4H3,(H,15,16). The van der Waals surface area contributed by atoms with Gasteiger partial charge >= 0.3 is 5.97 Å². The van der Waals surface area contributed by atoms with E-state index in [0.29, 0.717) is 5.56 Å². The highest BCUT2D eigenvalue weighted by atomic mass is 16.4. The predicted molar refractivity (Wildman–Crippen MR) is 62.4 cm³/mol. The Hall–Kier alpha value is -1.35. The molecule has 3 heteroatoms. The van der Waals surface area contributed by atoms with Crippen LogP contribution in [-0.2, 0) is 4.79 Å². The summed E-state index contributed by atoms with van der Waals surface area (Å²) in [5.74, 6) is -1.77. The Morgan fingerprint density at radius 2 is 1.62 bits per heavy atom. The second-order valence-corrected chi connectivity index (χ2v) is 4.36. The van der Waals surface area contributed by atoms with Crippen LogP contribution in [0.5, 0.6) is 0 Å². The van der Waals surface area contributed by atoms with Gasteiger partial charge in [0.25, 0.3) is 0 Å². The minimum Gasteiger partial charge on any atom is -0.481 e.